The number of benzene rings is 1. The van der Waals surface area contributed by atoms with E-state index in [4.69, 9.17) is 11.0 Å². The summed E-state index contributed by atoms with van der Waals surface area (Å²) in [5, 5.41) is 9.82. The van der Waals surface area contributed by atoms with Crippen LogP contribution in [0.5, 0.6) is 0 Å². The monoisotopic (exact) mass is 252 g/mol. The van der Waals surface area contributed by atoms with Gasteiger partial charge in [-0.1, -0.05) is 0 Å². The predicted molar refractivity (Wildman–Crippen MR) is 58.7 cm³/mol. The molecule has 1 aromatic carbocycles. The Hall–Kier alpha value is -1.05. The van der Waals surface area contributed by atoms with Crippen molar-refractivity contribution in [3.05, 3.63) is 27.5 Å². The Morgan fingerprint density at radius 1 is 1.38 bits per heavy atom. The van der Waals surface area contributed by atoms with Crippen LogP contribution in [0.15, 0.2) is 22.0 Å². The second kappa shape index (κ2) is 3.02. The van der Waals surface area contributed by atoms with Crippen LogP contribution in [0.4, 0.5) is 5.69 Å². The van der Waals surface area contributed by atoms with Gasteiger partial charge >= 0.3 is 0 Å². The van der Waals surface area contributed by atoms with Crippen LogP contribution in [0.1, 0.15) is 5.56 Å². The fraction of sp³-hybridized carbons (Fsp3) is 0. The average molecular weight is 253 g/mol. The minimum Gasteiger partial charge on any atom is -0.399 e. The van der Waals surface area contributed by atoms with Crippen molar-refractivity contribution in [2.24, 2.45) is 0 Å². The number of rotatable bonds is 0. The van der Waals surface area contributed by atoms with E-state index in [0.717, 1.165) is 13.9 Å². The van der Waals surface area contributed by atoms with Gasteiger partial charge in [0, 0.05) is 15.8 Å². The highest BCUT2D eigenvalue weighted by atomic mass is 79.9. The Labute approximate surface area is 87.7 Å². The van der Waals surface area contributed by atoms with Gasteiger partial charge in [0.15, 0.2) is 0 Å². The van der Waals surface area contributed by atoms with E-state index in [0.29, 0.717) is 11.3 Å². The highest BCUT2D eigenvalue weighted by Gasteiger charge is 2.05. The average Bonchev–Trinajstić information content (AvgIpc) is 2.43. The second-order valence-electron chi connectivity index (χ2n) is 2.64. The molecular formula is C9H5BrN2S. The van der Waals surface area contributed by atoms with Crippen molar-refractivity contribution in [2.75, 3.05) is 5.73 Å². The Kier molecular flexibility index (Phi) is 1.98. The SMILES string of the molecule is N#Cc1cc(N)cc2sc(Br)cc12. The van der Waals surface area contributed by atoms with E-state index in [-0.39, 0.29) is 0 Å². The molecule has 2 aromatic rings. The molecule has 0 saturated carbocycles. The quantitative estimate of drug-likeness (QED) is 0.733. The molecule has 2 rings (SSSR count). The molecule has 0 aliphatic carbocycles. The van der Waals surface area contributed by atoms with E-state index in [1.54, 1.807) is 17.4 Å². The standard InChI is InChI=1S/C9H5BrN2S/c10-9-3-7-5(4-11)1-6(12)2-8(7)13-9/h1-3H,12H2. The fourth-order valence-corrected chi connectivity index (χ4v) is 2.83. The minimum absolute atomic E-state index is 0.636. The smallest absolute Gasteiger partial charge is 0.0999 e. The van der Waals surface area contributed by atoms with Crippen LogP contribution in [-0.4, -0.2) is 0 Å². The first-order valence-corrected chi connectivity index (χ1v) is 5.20. The van der Waals surface area contributed by atoms with Crippen LogP contribution >= 0.6 is 27.3 Å². The van der Waals surface area contributed by atoms with Crippen LogP contribution in [-0.2, 0) is 0 Å². The Bertz CT molecular complexity index is 510. The van der Waals surface area contributed by atoms with Crippen LogP contribution in [0.3, 0.4) is 0 Å². The lowest BCUT2D eigenvalue weighted by molar-refractivity contribution is 1.51. The number of halogens is 1. The largest absolute Gasteiger partial charge is 0.399 e. The van der Waals surface area contributed by atoms with Crippen molar-refractivity contribution in [3.8, 4) is 6.07 Å². The molecule has 0 spiro atoms. The van der Waals surface area contributed by atoms with Gasteiger partial charge in [-0.3, -0.25) is 0 Å². The molecule has 2 nitrogen and oxygen atoms in total. The second-order valence-corrected chi connectivity index (χ2v) is 5.11. The van der Waals surface area contributed by atoms with E-state index in [1.165, 1.54) is 0 Å². The fourth-order valence-electron chi connectivity index (χ4n) is 1.22. The van der Waals surface area contributed by atoms with Crippen molar-refractivity contribution in [1.29, 1.82) is 5.26 Å². The van der Waals surface area contributed by atoms with Gasteiger partial charge in [-0.05, 0) is 34.1 Å². The van der Waals surface area contributed by atoms with E-state index >= 15 is 0 Å². The van der Waals surface area contributed by atoms with Gasteiger partial charge in [0.2, 0.25) is 0 Å². The zero-order valence-corrected chi connectivity index (χ0v) is 8.95. The summed E-state index contributed by atoms with van der Waals surface area (Å²) in [6, 6.07) is 7.65. The van der Waals surface area contributed by atoms with Gasteiger partial charge in [-0.2, -0.15) is 5.26 Å². The number of nitrogen functional groups attached to an aromatic ring is 1. The molecule has 0 unspecified atom stereocenters. The lowest BCUT2D eigenvalue weighted by atomic mass is 10.1. The van der Waals surface area contributed by atoms with Crippen molar-refractivity contribution in [3.63, 3.8) is 0 Å². The van der Waals surface area contributed by atoms with E-state index in [9.17, 15) is 0 Å². The molecule has 0 aliphatic rings. The number of fused-ring (bicyclic) bond motifs is 1. The van der Waals surface area contributed by atoms with E-state index < -0.39 is 0 Å². The number of nitrogens with zero attached hydrogens (tertiary/aromatic N) is 1. The molecular weight excluding hydrogens is 248 g/mol. The topological polar surface area (TPSA) is 49.8 Å². The van der Waals surface area contributed by atoms with Gasteiger partial charge in [0.1, 0.15) is 0 Å². The van der Waals surface area contributed by atoms with E-state index in [1.807, 2.05) is 12.1 Å². The zero-order valence-electron chi connectivity index (χ0n) is 6.54. The summed E-state index contributed by atoms with van der Waals surface area (Å²) in [6.45, 7) is 0. The molecule has 0 aliphatic heterocycles. The molecule has 0 radical (unpaired) electrons. The zero-order chi connectivity index (χ0) is 9.42. The van der Waals surface area contributed by atoms with Gasteiger partial charge in [-0.25, -0.2) is 0 Å². The van der Waals surface area contributed by atoms with Gasteiger partial charge in [0.25, 0.3) is 0 Å². The Morgan fingerprint density at radius 2 is 2.15 bits per heavy atom. The van der Waals surface area contributed by atoms with Crippen LogP contribution in [0, 0.1) is 11.3 Å². The number of thiophene rings is 1. The summed E-state index contributed by atoms with van der Waals surface area (Å²) in [4.78, 5) is 0. The van der Waals surface area contributed by atoms with Crippen LogP contribution < -0.4 is 5.73 Å². The first kappa shape index (κ1) is 8.54. The minimum atomic E-state index is 0.636. The molecule has 0 fully saturated rings. The molecule has 0 amide bonds. The van der Waals surface area contributed by atoms with Gasteiger partial charge < -0.3 is 5.73 Å². The van der Waals surface area contributed by atoms with Crippen molar-refractivity contribution >= 4 is 43.0 Å². The molecule has 0 saturated heterocycles. The van der Waals surface area contributed by atoms with Crippen molar-refractivity contribution in [1.82, 2.24) is 0 Å². The number of nitriles is 1. The van der Waals surface area contributed by atoms with Crippen LogP contribution in [0.25, 0.3) is 10.1 Å². The number of hydrogen-bond acceptors (Lipinski definition) is 3. The summed E-state index contributed by atoms with van der Waals surface area (Å²) >= 11 is 4.96. The highest BCUT2D eigenvalue weighted by molar-refractivity contribution is 9.11. The summed E-state index contributed by atoms with van der Waals surface area (Å²) < 4.78 is 2.06. The van der Waals surface area contributed by atoms with E-state index in [2.05, 4.69) is 22.0 Å². The van der Waals surface area contributed by atoms with Gasteiger partial charge in [0.05, 0.1) is 15.4 Å². The molecule has 1 aromatic heterocycles. The summed E-state index contributed by atoms with van der Waals surface area (Å²) in [5.74, 6) is 0. The molecule has 0 bridgehead atoms. The lowest BCUT2D eigenvalue weighted by Crippen LogP contribution is -1.85. The summed E-state index contributed by atoms with van der Waals surface area (Å²) in [5.41, 5.74) is 6.92. The number of anilines is 1. The third-order valence-corrected chi connectivity index (χ3v) is 3.34. The molecule has 2 N–H and O–H groups in total. The molecule has 0 atom stereocenters. The Balaban J connectivity index is 2.90. The normalized spacial score (nSPS) is 10.2. The maximum atomic E-state index is 8.85. The molecule has 4 heteroatoms. The van der Waals surface area contributed by atoms with Crippen LogP contribution in [0.2, 0.25) is 0 Å². The summed E-state index contributed by atoms with van der Waals surface area (Å²) in [7, 11) is 0. The third kappa shape index (κ3) is 1.41. The maximum absolute atomic E-state index is 8.85. The summed E-state index contributed by atoms with van der Waals surface area (Å²) in [6.07, 6.45) is 0. The lowest BCUT2D eigenvalue weighted by Gasteiger charge is -1.95. The number of nitrogens with two attached hydrogens (primary N) is 1. The number of hydrogen-bond donors (Lipinski definition) is 1. The first-order chi connectivity index (χ1) is 6.20. The highest BCUT2D eigenvalue weighted by Crippen LogP contribution is 2.33. The van der Waals surface area contributed by atoms with Crippen molar-refractivity contribution in [2.45, 2.75) is 0 Å². The first-order valence-electron chi connectivity index (χ1n) is 3.59. The maximum Gasteiger partial charge on any atom is 0.0999 e. The predicted octanol–water partition coefficient (Wildman–Crippen LogP) is 3.12. The Morgan fingerprint density at radius 3 is 2.85 bits per heavy atom. The van der Waals surface area contributed by atoms with Gasteiger partial charge in [-0.15, -0.1) is 11.3 Å². The molecule has 64 valence electrons. The van der Waals surface area contributed by atoms with Crippen molar-refractivity contribution < 1.29 is 0 Å². The molecule has 1 heterocycles. The molecule has 13 heavy (non-hydrogen) atoms. The third-order valence-electron chi connectivity index (χ3n) is 1.75.